The van der Waals surface area contributed by atoms with Crippen LogP contribution in [0.3, 0.4) is 0 Å². The fourth-order valence-electron chi connectivity index (χ4n) is 3.19. The van der Waals surface area contributed by atoms with Crippen molar-refractivity contribution in [3.63, 3.8) is 0 Å². The van der Waals surface area contributed by atoms with Gasteiger partial charge in [0.05, 0.1) is 21.3 Å². The van der Waals surface area contributed by atoms with Crippen LogP contribution in [0.1, 0.15) is 17.0 Å². The molecular formula is C27H26O7. The summed E-state index contributed by atoms with van der Waals surface area (Å²) in [5.74, 6) is -0.512. The number of carboxylic acid groups (broad SMARTS) is 1. The predicted octanol–water partition coefficient (Wildman–Crippen LogP) is 4.37. The van der Waals surface area contributed by atoms with E-state index in [2.05, 4.69) is 6.58 Å². The zero-order valence-corrected chi connectivity index (χ0v) is 19.2. The summed E-state index contributed by atoms with van der Waals surface area (Å²) in [6, 6.07) is 14.7. The van der Waals surface area contributed by atoms with Gasteiger partial charge in [0.2, 0.25) is 5.78 Å². The van der Waals surface area contributed by atoms with Crippen molar-refractivity contribution in [2.75, 3.05) is 21.3 Å². The highest BCUT2D eigenvalue weighted by Crippen LogP contribution is 2.29. The molecule has 176 valence electrons. The molecule has 0 spiro atoms. The quantitative estimate of drug-likeness (QED) is 0.353. The molecule has 0 heterocycles. The third-order valence-corrected chi connectivity index (χ3v) is 4.85. The first-order valence-corrected chi connectivity index (χ1v) is 10.2. The molecule has 2 aromatic carbocycles. The van der Waals surface area contributed by atoms with E-state index >= 15 is 0 Å². The molecule has 0 radical (unpaired) electrons. The first-order valence-electron chi connectivity index (χ1n) is 10.2. The van der Waals surface area contributed by atoms with Crippen LogP contribution in [0.4, 0.5) is 0 Å². The van der Waals surface area contributed by atoms with Crippen molar-refractivity contribution in [3.05, 3.63) is 102 Å². The van der Waals surface area contributed by atoms with Crippen LogP contribution < -0.4 is 9.47 Å². The van der Waals surface area contributed by atoms with E-state index in [4.69, 9.17) is 19.3 Å². The third-order valence-electron chi connectivity index (χ3n) is 4.85. The lowest BCUT2D eigenvalue weighted by atomic mass is 9.85. The van der Waals surface area contributed by atoms with Crippen LogP contribution >= 0.6 is 0 Å². The second-order valence-electron chi connectivity index (χ2n) is 6.95. The van der Waals surface area contributed by atoms with Crippen molar-refractivity contribution in [3.8, 4) is 11.5 Å². The fraction of sp³-hybridized carbons (Fsp3) is 0.148. The number of hydrogen-bond donors (Lipinski definition) is 1. The SMILES string of the molecule is C=CC(C1=CC(=O)C(OC)=CC1=O)c1ccccc1.COc1ccc(C=CC(=O)O)cc1OC. The first kappa shape index (κ1) is 25.9. The molecule has 1 atom stereocenters. The number of carbonyl (C=O) groups excluding carboxylic acids is 2. The van der Waals surface area contributed by atoms with E-state index in [1.807, 2.05) is 30.3 Å². The van der Waals surface area contributed by atoms with Crippen molar-refractivity contribution < 1.29 is 33.7 Å². The number of carboxylic acids is 1. The Kier molecular flexibility index (Phi) is 9.58. The minimum Gasteiger partial charge on any atom is -0.493 e. The van der Waals surface area contributed by atoms with Crippen molar-refractivity contribution in [1.29, 1.82) is 0 Å². The molecule has 0 bridgehead atoms. The number of carbonyl (C=O) groups is 3. The monoisotopic (exact) mass is 462 g/mol. The highest BCUT2D eigenvalue weighted by atomic mass is 16.5. The van der Waals surface area contributed by atoms with Crippen LogP contribution in [0.2, 0.25) is 0 Å². The summed E-state index contributed by atoms with van der Waals surface area (Å²) in [4.78, 5) is 34.1. The maximum Gasteiger partial charge on any atom is 0.328 e. The van der Waals surface area contributed by atoms with Crippen molar-refractivity contribution in [2.24, 2.45) is 0 Å². The van der Waals surface area contributed by atoms with Gasteiger partial charge in [-0.05, 0) is 35.4 Å². The largest absolute Gasteiger partial charge is 0.493 e. The summed E-state index contributed by atoms with van der Waals surface area (Å²) < 4.78 is 15.0. The van der Waals surface area contributed by atoms with Gasteiger partial charge in [-0.1, -0.05) is 42.5 Å². The van der Waals surface area contributed by atoms with E-state index in [0.717, 1.165) is 17.2 Å². The van der Waals surface area contributed by atoms with Gasteiger partial charge in [-0.25, -0.2) is 4.79 Å². The number of ketones is 2. The fourth-order valence-corrected chi connectivity index (χ4v) is 3.19. The van der Waals surface area contributed by atoms with Crippen LogP contribution in [0.25, 0.3) is 6.08 Å². The topological polar surface area (TPSA) is 99.1 Å². The van der Waals surface area contributed by atoms with E-state index in [1.165, 1.54) is 32.4 Å². The molecule has 0 aliphatic heterocycles. The minimum absolute atomic E-state index is 0.0737. The molecule has 0 saturated carbocycles. The van der Waals surface area contributed by atoms with Crippen molar-refractivity contribution in [1.82, 2.24) is 0 Å². The number of allylic oxidation sites excluding steroid dienone is 4. The summed E-state index contributed by atoms with van der Waals surface area (Å²) in [6.07, 6.45) is 6.79. The molecule has 0 fully saturated rings. The first-order chi connectivity index (χ1) is 16.3. The maximum atomic E-state index is 12.1. The molecule has 2 aromatic rings. The van der Waals surface area contributed by atoms with E-state index in [-0.39, 0.29) is 23.2 Å². The number of hydrogen-bond acceptors (Lipinski definition) is 6. The number of benzene rings is 2. The minimum atomic E-state index is -0.982. The van der Waals surface area contributed by atoms with Gasteiger partial charge in [0.15, 0.2) is 23.0 Å². The summed E-state index contributed by atoms with van der Waals surface area (Å²) in [6.45, 7) is 3.75. The molecule has 0 amide bonds. The highest BCUT2D eigenvalue weighted by molar-refractivity contribution is 6.19. The Hall–Kier alpha value is -4.39. The van der Waals surface area contributed by atoms with E-state index in [1.54, 1.807) is 31.4 Å². The summed E-state index contributed by atoms with van der Waals surface area (Å²) in [7, 11) is 4.45. The Morgan fingerprint density at radius 1 is 0.912 bits per heavy atom. The van der Waals surface area contributed by atoms with Gasteiger partial charge in [0.25, 0.3) is 0 Å². The van der Waals surface area contributed by atoms with Gasteiger partial charge < -0.3 is 19.3 Å². The molecule has 1 N–H and O–H groups in total. The van der Waals surface area contributed by atoms with E-state index < -0.39 is 5.97 Å². The molecule has 3 rings (SSSR count). The standard InChI is InChI=1S/C16H14O3.C11H12O4/c1-3-12(11-7-5-4-6-8-11)13-9-15(18)16(19-2)10-14(13)17;1-14-9-5-3-8(4-6-11(12)13)7-10(9)15-2/h3-10,12H,1H2,2H3;3-7H,1-2H3,(H,12,13). The lowest BCUT2D eigenvalue weighted by molar-refractivity contribution is -0.131. The lowest BCUT2D eigenvalue weighted by Crippen LogP contribution is -2.18. The maximum absolute atomic E-state index is 12.1. The Balaban J connectivity index is 0.000000248. The van der Waals surface area contributed by atoms with Crippen molar-refractivity contribution >= 4 is 23.6 Å². The Labute approximate surface area is 198 Å². The number of rotatable bonds is 8. The smallest absolute Gasteiger partial charge is 0.328 e. The molecule has 1 unspecified atom stereocenters. The predicted molar refractivity (Wildman–Crippen MR) is 129 cm³/mol. The number of methoxy groups -OCH3 is 3. The summed E-state index contributed by atoms with van der Waals surface area (Å²) >= 11 is 0. The van der Waals surface area contributed by atoms with E-state index in [0.29, 0.717) is 17.1 Å². The van der Waals surface area contributed by atoms with Crippen molar-refractivity contribution in [2.45, 2.75) is 5.92 Å². The van der Waals surface area contributed by atoms with Crippen LogP contribution in [0.15, 0.2) is 90.7 Å². The highest BCUT2D eigenvalue weighted by Gasteiger charge is 2.26. The number of ether oxygens (including phenoxy) is 3. The molecule has 1 aliphatic carbocycles. The third kappa shape index (κ3) is 6.80. The molecule has 34 heavy (non-hydrogen) atoms. The molecule has 0 aromatic heterocycles. The summed E-state index contributed by atoms with van der Waals surface area (Å²) in [5, 5.41) is 8.46. The Bertz CT molecular complexity index is 1140. The summed E-state index contributed by atoms with van der Waals surface area (Å²) in [5.41, 5.74) is 2.10. The van der Waals surface area contributed by atoms with Gasteiger partial charge in [0, 0.05) is 23.6 Å². The van der Waals surface area contributed by atoms with Crippen LogP contribution in [0, 0.1) is 0 Å². The second kappa shape index (κ2) is 12.6. The van der Waals surface area contributed by atoms with Gasteiger partial charge in [-0.3, -0.25) is 9.59 Å². The van der Waals surface area contributed by atoms with Gasteiger partial charge in [-0.15, -0.1) is 6.58 Å². The Morgan fingerprint density at radius 2 is 1.59 bits per heavy atom. The molecule has 0 saturated heterocycles. The second-order valence-corrected chi connectivity index (χ2v) is 6.95. The molecule has 7 heteroatoms. The zero-order chi connectivity index (χ0) is 25.1. The van der Waals surface area contributed by atoms with Gasteiger partial charge in [-0.2, -0.15) is 0 Å². The zero-order valence-electron chi connectivity index (χ0n) is 19.2. The Morgan fingerprint density at radius 3 is 2.15 bits per heavy atom. The van der Waals surface area contributed by atoms with E-state index in [9.17, 15) is 14.4 Å². The molecule has 7 nitrogen and oxygen atoms in total. The number of aliphatic carboxylic acids is 1. The average Bonchev–Trinajstić information content (AvgIpc) is 2.85. The average molecular weight is 462 g/mol. The van der Waals surface area contributed by atoms with Gasteiger partial charge >= 0.3 is 5.97 Å². The normalized spacial score (nSPS) is 13.7. The van der Waals surface area contributed by atoms with Crippen LogP contribution in [-0.2, 0) is 19.1 Å². The molecular weight excluding hydrogens is 436 g/mol. The van der Waals surface area contributed by atoms with Gasteiger partial charge in [0.1, 0.15) is 0 Å². The molecule has 1 aliphatic rings. The lowest BCUT2D eigenvalue weighted by Gasteiger charge is -2.18. The van der Waals surface area contributed by atoms with Crippen LogP contribution in [-0.4, -0.2) is 44.0 Å². The van der Waals surface area contributed by atoms with Crippen LogP contribution in [0.5, 0.6) is 11.5 Å².